The standard InChI is InChI=1S/C41H73NO3/c1-3-5-7-9-11-13-15-17-19-20-21-22-23-25-27-29-31-33-35-37-41(45)42-39(38-43)40(44)36-34-32-30-28-26-24-18-16-14-12-10-8-6-4-2/h11,13-17,26,28,34,36,39-40,43-44H,3-10,12,18-25,27,29-33,35,37-38H2,1-2H3,(H,42,45)/b13-11-,16-14+,17-15-,28-26+,36-34+. The van der Waals surface area contributed by atoms with Crippen LogP contribution in [0.4, 0.5) is 0 Å². The molecule has 0 radical (unpaired) electrons. The molecule has 0 fully saturated rings. The molecule has 0 aliphatic rings. The topological polar surface area (TPSA) is 69.6 Å². The minimum Gasteiger partial charge on any atom is -0.394 e. The van der Waals surface area contributed by atoms with E-state index < -0.39 is 12.1 Å². The van der Waals surface area contributed by atoms with Crippen LogP contribution in [0.15, 0.2) is 60.8 Å². The fraction of sp³-hybridized carbons (Fsp3) is 0.732. The summed E-state index contributed by atoms with van der Waals surface area (Å²) >= 11 is 0. The van der Waals surface area contributed by atoms with E-state index in [4.69, 9.17) is 0 Å². The van der Waals surface area contributed by atoms with Crippen LogP contribution in [0, 0.1) is 0 Å². The normalized spacial score (nSPS) is 13.8. The Bertz CT molecular complexity index is 767. The van der Waals surface area contributed by atoms with Crippen LogP contribution in [0.3, 0.4) is 0 Å². The first-order chi connectivity index (χ1) is 22.2. The first kappa shape index (κ1) is 43.1. The second-order valence-corrected chi connectivity index (χ2v) is 12.6. The highest BCUT2D eigenvalue weighted by Crippen LogP contribution is 2.13. The van der Waals surface area contributed by atoms with Crippen LogP contribution in [0.5, 0.6) is 0 Å². The van der Waals surface area contributed by atoms with Gasteiger partial charge in [0.05, 0.1) is 18.8 Å². The molecule has 2 unspecified atom stereocenters. The van der Waals surface area contributed by atoms with Gasteiger partial charge in [-0.1, -0.05) is 158 Å². The van der Waals surface area contributed by atoms with Crippen molar-refractivity contribution in [2.45, 2.75) is 187 Å². The van der Waals surface area contributed by atoms with Crippen molar-refractivity contribution >= 4 is 5.91 Å². The van der Waals surface area contributed by atoms with E-state index in [1.54, 1.807) is 6.08 Å². The van der Waals surface area contributed by atoms with Crippen LogP contribution in [0.25, 0.3) is 0 Å². The molecule has 0 aromatic rings. The molecule has 0 aliphatic carbocycles. The molecule has 0 rings (SSSR count). The van der Waals surface area contributed by atoms with E-state index in [0.29, 0.717) is 6.42 Å². The van der Waals surface area contributed by atoms with Gasteiger partial charge in [0.1, 0.15) is 0 Å². The Kier molecular flexibility index (Phi) is 35.0. The molecule has 4 nitrogen and oxygen atoms in total. The molecular formula is C41H73NO3. The van der Waals surface area contributed by atoms with Gasteiger partial charge in [-0.15, -0.1) is 0 Å². The second kappa shape index (κ2) is 36.6. The molecule has 0 aromatic carbocycles. The third-order valence-electron chi connectivity index (χ3n) is 8.23. The molecule has 0 spiro atoms. The van der Waals surface area contributed by atoms with Gasteiger partial charge in [0, 0.05) is 6.42 Å². The molecule has 0 saturated heterocycles. The Morgan fingerprint density at radius 2 is 0.933 bits per heavy atom. The lowest BCUT2D eigenvalue weighted by Gasteiger charge is -2.19. The van der Waals surface area contributed by atoms with Gasteiger partial charge in [-0.2, -0.15) is 0 Å². The zero-order valence-corrected chi connectivity index (χ0v) is 29.6. The van der Waals surface area contributed by atoms with Gasteiger partial charge < -0.3 is 15.5 Å². The number of rotatable bonds is 33. The van der Waals surface area contributed by atoms with Crippen LogP contribution in [0.2, 0.25) is 0 Å². The molecule has 1 amide bonds. The lowest BCUT2D eigenvalue weighted by molar-refractivity contribution is -0.123. The van der Waals surface area contributed by atoms with Crippen LogP contribution < -0.4 is 5.32 Å². The van der Waals surface area contributed by atoms with Crippen molar-refractivity contribution in [3.8, 4) is 0 Å². The molecule has 0 saturated carbocycles. The van der Waals surface area contributed by atoms with E-state index >= 15 is 0 Å². The number of aliphatic hydroxyl groups excluding tert-OH is 2. The Hall–Kier alpha value is -1.91. The SMILES string of the molecule is CCCCC/C=C\C=C/CCCCCCCCCCCCC(=O)NC(CO)C(O)/C=C/CC/C=C/CC/C=C/CCCCCC. The highest BCUT2D eigenvalue weighted by atomic mass is 16.3. The van der Waals surface area contributed by atoms with Gasteiger partial charge in [-0.05, 0) is 70.6 Å². The Morgan fingerprint density at radius 1 is 0.533 bits per heavy atom. The Morgan fingerprint density at radius 3 is 1.47 bits per heavy atom. The predicted molar refractivity (Wildman–Crippen MR) is 197 cm³/mol. The van der Waals surface area contributed by atoms with E-state index in [-0.39, 0.29) is 12.5 Å². The number of hydrogen-bond acceptors (Lipinski definition) is 3. The smallest absolute Gasteiger partial charge is 0.220 e. The molecule has 45 heavy (non-hydrogen) atoms. The summed E-state index contributed by atoms with van der Waals surface area (Å²) in [5.74, 6) is -0.0858. The summed E-state index contributed by atoms with van der Waals surface area (Å²) in [4.78, 5) is 12.3. The van der Waals surface area contributed by atoms with E-state index in [9.17, 15) is 15.0 Å². The summed E-state index contributed by atoms with van der Waals surface area (Å²) in [6, 6.07) is -0.647. The van der Waals surface area contributed by atoms with Gasteiger partial charge >= 0.3 is 0 Å². The molecule has 2 atom stereocenters. The summed E-state index contributed by atoms with van der Waals surface area (Å²) < 4.78 is 0. The zero-order valence-electron chi connectivity index (χ0n) is 29.6. The molecule has 0 heterocycles. The first-order valence-corrected chi connectivity index (χ1v) is 19.0. The second-order valence-electron chi connectivity index (χ2n) is 12.6. The van der Waals surface area contributed by atoms with Crippen LogP contribution in [0.1, 0.15) is 174 Å². The van der Waals surface area contributed by atoms with E-state index in [2.05, 4.69) is 67.8 Å². The minimum atomic E-state index is -0.871. The van der Waals surface area contributed by atoms with E-state index in [0.717, 1.165) is 38.5 Å². The van der Waals surface area contributed by atoms with E-state index in [1.807, 2.05) is 6.08 Å². The number of carbonyl (C=O) groups excluding carboxylic acids is 1. The quantitative estimate of drug-likeness (QED) is 0.0385. The van der Waals surface area contributed by atoms with Crippen molar-refractivity contribution in [1.82, 2.24) is 5.32 Å². The number of amides is 1. The lowest BCUT2D eigenvalue weighted by atomic mass is 10.0. The van der Waals surface area contributed by atoms with Gasteiger partial charge in [-0.25, -0.2) is 0 Å². The first-order valence-electron chi connectivity index (χ1n) is 19.0. The van der Waals surface area contributed by atoms with Gasteiger partial charge in [0.25, 0.3) is 0 Å². The van der Waals surface area contributed by atoms with Crippen molar-refractivity contribution in [2.24, 2.45) is 0 Å². The van der Waals surface area contributed by atoms with Crippen LogP contribution >= 0.6 is 0 Å². The molecule has 4 heteroatoms. The van der Waals surface area contributed by atoms with Crippen molar-refractivity contribution in [2.75, 3.05) is 6.61 Å². The maximum Gasteiger partial charge on any atom is 0.220 e. The number of carbonyl (C=O) groups is 1. The number of hydrogen-bond donors (Lipinski definition) is 3. The lowest BCUT2D eigenvalue weighted by Crippen LogP contribution is -2.45. The predicted octanol–water partition coefficient (Wildman–Crippen LogP) is 11.4. The highest BCUT2D eigenvalue weighted by Gasteiger charge is 2.17. The van der Waals surface area contributed by atoms with Crippen molar-refractivity contribution < 1.29 is 15.0 Å². The number of unbranched alkanes of at least 4 members (excludes halogenated alkanes) is 19. The van der Waals surface area contributed by atoms with Crippen molar-refractivity contribution in [1.29, 1.82) is 0 Å². The zero-order chi connectivity index (χ0) is 32.9. The summed E-state index contributed by atoms with van der Waals surface area (Å²) in [7, 11) is 0. The minimum absolute atomic E-state index is 0.0858. The largest absolute Gasteiger partial charge is 0.394 e. The van der Waals surface area contributed by atoms with Crippen molar-refractivity contribution in [3.63, 3.8) is 0 Å². The molecule has 0 aromatic heterocycles. The molecule has 0 aliphatic heterocycles. The maximum atomic E-state index is 12.3. The molecule has 0 bridgehead atoms. The van der Waals surface area contributed by atoms with Gasteiger partial charge in [-0.3, -0.25) is 4.79 Å². The molecule has 260 valence electrons. The average molecular weight is 628 g/mol. The fourth-order valence-electron chi connectivity index (χ4n) is 5.26. The van der Waals surface area contributed by atoms with Crippen LogP contribution in [-0.2, 0) is 4.79 Å². The third kappa shape index (κ3) is 33.3. The summed E-state index contributed by atoms with van der Waals surface area (Å²) in [5, 5.41) is 22.9. The number of nitrogens with one attached hydrogen (secondary N) is 1. The van der Waals surface area contributed by atoms with Gasteiger partial charge in [0.2, 0.25) is 5.91 Å². The number of allylic oxidation sites excluding steroid dienone is 9. The number of aliphatic hydroxyl groups is 2. The van der Waals surface area contributed by atoms with Crippen LogP contribution in [-0.4, -0.2) is 34.9 Å². The monoisotopic (exact) mass is 628 g/mol. The Balaban J connectivity index is 3.69. The summed E-state index contributed by atoms with van der Waals surface area (Å²) in [5.41, 5.74) is 0. The Labute approximate surface area is 279 Å². The van der Waals surface area contributed by atoms with Crippen molar-refractivity contribution in [3.05, 3.63) is 60.8 Å². The maximum absolute atomic E-state index is 12.3. The summed E-state index contributed by atoms with van der Waals surface area (Å²) in [6.45, 7) is 4.22. The van der Waals surface area contributed by atoms with E-state index in [1.165, 1.54) is 116 Å². The highest BCUT2D eigenvalue weighted by molar-refractivity contribution is 5.76. The van der Waals surface area contributed by atoms with Gasteiger partial charge in [0.15, 0.2) is 0 Å². The fourth-order valence-corrected chi connectivity index (χ4v) is 5.26. The molecular weight excluding hydrogens is 554 g/mol. The third-order valence-corrected chi connectivity index (χ3v) is 8.23. The average Bonchev–Trinajstić information content (AvgIpc) is 3.04. The summed E-state index contributed by atoms with van der Waals surface area (Å²) in [6.07, 6.45) is 50.2. The molecule has 3 N–H and O–H groups in total.